The van der Waals surface area contributed by atoms with Crippen LogP contribution in [0.15, 0.2) is 24.3 Å². The fraction of sp³-hybridized carbons (Fsp3) is 0.571. The number of rotatable bonds is 2. The second-order valence-electron chi connectivity index (χ2n) is 5.28. The van der Waals surface area contributed by atoms with Crippen LogP contribution in [0.5, 0.6) is 0 Å². The van der Waals surface area contributed by atoms with Crippen LogP contribution in [0.3, 0.4) is 0 Å². The molecule has 0 bridgehead atoms. The van der Waals surface area contributed by atoms with Crippen molar-refractivity contribution < 1.29 is 0 Å². The average molecular weight is 218 g/mol. The zero-order valence-corrected chi connectivity index (χ0v) is 10.3. The highest BCUT2D eigenvalue weighted by atomic mass is 15.1. The van der Waals surface area contributed by atoms with Crippen molar-refractivity contribution in [3.05, 3.63) is 35.4 Å². The monoisotopic (exact) mass is 218 g/mol. The number of benzene rings is 1. The van der Waals surface area contributed by atoms with E-state index in [0.717, 1.165) is 19.0 Å². The molecule has 2 atom stereocenters. The van der Waals surface area contributed by atoms with Crippen LogP contribution >= 0.6 is 0 Å². The normalized spacial score (nSPS) is 26.9. The van der Waals surface area contributed by atoms with E-state index in [1.165, 1.54) is 24.1 Å². The largest absolute Gasteiger partial charge is 0.327 e. The van der Waals surface area contributed by atoms with Gasteiger partial charge >= 0.3 is 0 Å². The summed E-state index contributed by atoms with van der Waals surface area (Å²) in [4.78, 5) is 2.48. The minimum Gasteiger partial charge on any atom is -0.327 e. The molecule has 1 heterocycles. The molecule has 1 saturated heterocycles. The topological polar surface area (TPSA) is 29.3 Å². The number of aryl methyl sites for hydroxylation is 1. The molecule has 0 spiro atoms. The van der Waals surface area contributed by atoms with E-state index in [1.807, 2.05) is 0 Å². The maximum atomic E-state index is 6.06. The van der Waals surface area contributed by atoms with Gasteiger partial charge in [-0.05, 0) is 24.8 Å². The summed E-state index contributed by atoms with van der Waals surface area (Å²) in [6.45, 7) is 7.70. The zero-order valence-electron chi connectivity index (χ0n) is 10.3. The first-order valence-corrected chi connectivity index (χ1v) is 6.17. The molecule has 2 rings (SSSR count). The van der Waals surface area contributed by atoms with E-state index >= 15 is 0 Å². The smallest absolute Gasteiger partial charge is 0.0234 e. The summed E-state index contributed by atoms with van der Waals surface area (Å²) < 4.78 is 0. The van der Waals surface area contributed by atoms with Crippen LogP contribution < -0.4 is 5.73 Å². The molecular formula is C14H22N2. The molecule has 0 radical (unpaired) electrons. The van der Waals surface area contributed by atoms with Gasteiger partial charge in [-0.2, -0.15) is 0 Å². The average Bonchev–Trinajstić information content (AvgIpc) is 2.15. The van der Waals surface area contributed by atoms with Crippen LogP contribution in [0.2, 0.25) is 0 Å². The Morgan fingerprint density at radius 1 is 1.38 bits per heavy atom. The molecule has 16 heavy (non-hydrogen) atoms. The lowest BCUT2D eigenvalue weighted by Gasteiger charge is -2.34. The van der Waals surface area contributed by atoms with Gasteiger partial charge in [-0.1, -0.05) is 36.8 Å². The Kier molecular flexibility index (Phi) is 3.62. The molecule has 1 aromatic carbocycles. The summed E-state index contributed by atoms with van der Waals surface area (Å²) in [5.41, 5.74) is 8.80. The van der Waals surface area contributed by atoms with Crippen molar-refractivity contribution in [3.63, 3.8) is 0 Å². The predicted molar refractivity (Wildman–Crippen MR) is 68.2 cm³/mol. The van der Waals surface area contributed by atoms with E-state index in [0.29, 0.717) is 6.04 Å². The van der Waals surface area contributed by atoms with Crippen LogP contribution in [0.25, 0.3) is 0 Å². The third-order valence-electron chi connectivity index (χ3n) is 3.26. The third kappa shape index (κ3) is 3.06. The molecule has 1 aliphatic heterocycles. The summed E-state index contributed by atoms with van der Waals surface area (Å²) in [6.07, 6.45) is 1.17. The summed E-state index contributed by atoms with van der Waals surface area (Å²) in [5.74, 6) is 0.730. The Morgan fingerprint density at radius 3 is 2.88 bits per heavy atom. The molecule has 2 heteroatoms. The van der Waals surface area contributed by atoms with Crippen molar-refractivity contribution in [1.29, 1.82) is 0 Å². The van der Waals surface area contributed by atoms with Crippen molar-refractivity contribution in [2.24, 2.45) is 11.7 Å². The third-order valence-corrected chi connectivity index (χ3v) is 3.26. The van der Waals surface area contributed by atoms with E-state index in [4.69, 9.17) is 5.73 Å². The van der Waals surface area contributed by atoms with Crippen LogP contribution in [0.4, 0.5) is 0 Å². The van der Waals surface area contributed by atoms with Gasteiger partial charge in [0.15, 0.2) is 0 Å². The van der Waals surface area contributed by atoms with Gasteiger partial charge in [0.25, 0.3) is 0 Å². The Balaban J connectivity index is 1.98. The SMILES string of the molecule is Cc1cccc(CN2CC(C)CC(N)C2)c1. The van der Waals surface area contributed by atoms with Gasteiger partial charge < -0.3 is 5.73 Å². The standard InChI is InChI=1S/C14H22N2/c1-11-4-3-5-13(6-11)9-16-8-12(2)7-14(15)10-16/h3-6,12,14H,7-10,15H2,1-2H3. The second-order valence-corrected chi connectivity index (χ2v) is 5.28. The molecule has 88 valence electrons. The van der Waals surface area contributed by atoms with Gasteiger partial charge in [-0.15, -0.1) is 0 Å². The van der Waals surface area contributed by atoms with Gasteiger partial charge in [0, 0.05) is 25.7 Å². The van der Waals surface area contributed by atoms with Crippen molar-refractivity contribution in [1.82, 2.24) is 4.90 Å². The van der Waals surface area contributed by atoms with E-state index in [1.54, 1.807) is 0 Å². The van der Waals surface area contributed by atoms with Crippen LogP contribution in [0, 0.1) is 12.8 Å². The molecule has 2 nitrogen and oxygen atoms in total. The molecule has 1 fully saturated rings. The minimum atomic E-state index is 0.355. The first-order valence-electron chi connectivity index (χ1n) is 6.17. The lowest BCUT2D eigenvalue weighted by atomic mass is 9.96. The summed E-state index contributed by atoms with van der Waals surface area (Å²) in [7, 11) is 0. The quantitative estimate of drug-likeness (QED) is 0.824. The van der Waals surface area contributed by atoms with Crippen LogP contribution in [0.1, 0.15) is 24.5 Å². The highest BCUT2D eigenvalue weighted by molar-refractivity contribution is 5.22. The van der Waals surface area contributed by atoms with Crippen LogP contribution in [-0.2, 0) is 6.54 Å². The summed E-state index contributed by atoms with van der Waals surface area (Å²) >= 11 is 0. The van der Waals surface area contributed by atoms with E-state index in [2.05, 4.69) is 43.0 Å². The van der Waals surface area contributed by atoms with Crippen LogP contribution in [-0.4, -0.2) is 24.0 Å². The number of nitrogens with two attached hydrogens (primary N) is 1. The number of likely N-dealkylation sites (tertiary alicyclic amines) is 1. The van der Waals surface area contributed by atoms with E-state index < -0.39 is 0 Å². The Hall–Kier alpha value is -0.860. The molecule has 0 aromatic heterocycles. The molecule has 0 aliphatic carbocycles. The van der Waals surface area contributed by atoms with Crippen molar-refractivity contribution in [2.75, 3.05) is 13.1 Å². The number of hydrogen-bond acceptors (Lipinski definition) is 2. The minimum absolute atomic E-state index is 0.355. The lowest BCUT2D eigenvalue weighted by molar-refractivity contribution is 0.158. The number of hydrogen-bond donors (Lipinski definition) is 1. The number of piperidine rings is 1. The Bertz CT molecular complexity index is 338. The van der Waals surface area contributed by atoms with Crippen molar-refractivity contribution >= 4 is 0 Å². The predicted octanol–water partition coefficient (Wildman–Crippen LogP) is 2.16. The molecule has 1 aliphatic rings. The fourth-order valence-electron chi connectivity index (χ4n) is 2.71. The number of nitrogens with zero attached hydrogens (tertiary/aromatic N) is 1. The maximum absolute atomic E-state index is 6.06. The molecule has 2 unspecified atom stereocenters. The molecule has 0 saturated carbocycles. The van der Waals surface area contributed by atoms with Gasteiger partial charge in [-0.3, -0.25) is 4.90 Å². The van der Waals surface area contributed by atoms with Gasteiger partial charge in [0.2, 0.25) is 0 Å². The molecule has 0 amide bonds. The fourth-order valence-corrected chi connectivity index (χ4v) is 2.71. The van der Waals surface area contributed by atoms with E-state index in [9.17, 15) is 0 Å². The zero-order chi connectivity index (χ0) is 11.5. The van der Waals surface area contributed by atoms with Crippen molar-refractivity contribution in [3.8, 4) is 0 Å². The highest BCUT2D eigenvalue weighted by Crippen LogP contribution is 2.17. The van der Waals surface area contributed by atoms with E-state index in [-0.39, 0.29) is 0 Å². The highest BCUT2D eigenvalue weighted by Gasteiger charge is 2.21. The van der Waals surface area contributed by atoms with Gasteiger partial charge in [0.1, 0.15) is 0 Å². The Morgan fingerprint density at radius 2 is 2.19 bits per heavy atom. The molecule has 1 aromatic rings. The first kappa shape index (κ1) is 11.6. The summed E-state index contributed by atoms with van der Waals surface area (Å²) in [5, 5.41) is 0. The molecular weight excluding hydrogens is 196 g/mol. The van der Waals surface area contributed by atoms with Gasteiger partial charge in [-0.25, -0.2) is 0 Å². The van der Waals surface area contributed by atoms with Gasteiger partial charge in [0.05, 0.1) is 0 Å². The Labute approximate surface area is 98.4 Å². The molecule has 2 N–H and O–H groups in total. The second kappa shape index (κ2) is 4.98. The first-order chi connectivity index (χ1) is 7.63. The lowest BCUT2D eigenvalue weighted by Crippen LogP contribution is -2.45. The summed E-state index contributed by atoms with van der Waals surface area (Å²) in [6, 6.07) is 9.11. The maximum Gasteiger partial charge on any atom is 0.0234 e. The van der Waals surface area contributed by atoms with Crippen molar-refractivity contribution in [2.45, 2.75) is 32.9 Å².